The van der Waals surface area contributed by atoms with Crippen molar-refractivity contribution < 1.29 is 14.3 Å². The van der Waals surface area contributed by atoms with Crippen LogP contribution in [-0.4, -0.2) is 54.4 Å². The van der Waals surface area contributed by atoms with Gasteiger partial charge >= 0.3 is 0 Å². The van der Waals surface area contributed by atoms with Crippen molar-refractivity contribution in [2.45, 2.75) is 50.9 Å². The Balaban J connectivity index is 2.08. The van der Waals surface area contributed by atoms with Crippen molar-refractivity contribution in [2.24, 2.45) is 5.73 Å². The molecule has 1 amide bonds. The maximum atomic E-state index is 12.6. The molecule has 0 radical (unpaired) electrons. The van der Waals surface area contributed by atoms with E-state index in [9.17, 15) is 4.79 Å². The number of hydrogen-bond acceptors (Lipinski definition) is 4. The molecule has 0 saturated carbocycles. The molecular formula is C13H24N2O3. The summed E-state index contributed by atoms with van der Waals surface area (Å²) in [5, 5.41) is 0. The molecule has 104 valence electrons. The molecule has 1 atom stereocenters. The average molecular weight is 256 g/mol. The highest BCUT2D eigenvalue weighted by Crippen LogP contribution is 2.26. The largest absolute Gasteiger partial charge is 0.381 e. The number of nitrogens with two attached hydrogens (primary N) is 1. The quantitative estimate of drug-likeness (QED) is 0.743. The summed E-state index contributed by atoms with van der Waals surface area (Å²) in [4.78, 5) is 14.5. The number of carbonyl (C=O) groups is 1. The first-order valence-electron chi connectivity index (χ1n) is 6.66. The summed E-state index contributed by atoms with van der Waals surface area (Å²) in [6.45, 7) is 8.40. The normalized spacial score (nSPS) is 31.1. The fraction of sp³-hybridized carbons (Fsp3) is 0.923. The van der Waals surface area contributed by atoms with Crippen molar-refractivity contribution in [3.8, 4) is 0 Å². The van der Waals surface area contributed by atoms with E-state index in [1.807, 2.05) is 25.7 Å². The predicted molar refractivity (Wildman–Crippen MR) is 68.2 cm³/mol. The van der Waals surface area contributed by atoms with Crippen LogP contribution in [0.3, 0.4) is 0 Å². The minimum atomic E-state index is -0.745. The Morgan fingerprint density at radius 1 is 1.33 bits per heavy atom. The lowest BCUT2D eigenvalue weighted by Gasteiger charge is -2.45. The molecule has 2 fully saturated rings. The molecule has 0 aromatic heterocycles. The third kappa shape index (κ3) is 2.84. The maximum absolute atomic E-state index is 12.6. The molecule has 1 unspecified atom stereocenters. The molecule has 5 heteroatoms. The van der Waals surface area contributed by atoms with E-state index in [1.54, 1.807) is 0 Å². The summed E-state index contributed by atoms with van der Waals surface area (Å²) in [7, 11) is 0. The van der Waals surface area contributed by atoms with E-state index in [-0.39, 0.29) is 17.6 Å². The summed E-state index contributed by atoms with van der Waals surface area (Å²) < 4.78 is 11.1. The molecule has 2 rings (SSSR count). The third-order valence-electron chi connectivity index (χ3n) is 3.67. The number of carbonyl (C=O) groups excluding carboxylic acids is 1. The van der Waals surface area contributed by atoms with Gasteiger partial charge in [-0.25, -0.2) is 0 Å². The maximum Gasteiger partial charge on any atom is 0.243 e. The van der Waals surface area contributed by atoms with Gasteiger partial charge in [0.05, 0.1) is 17.2 Å². The predicted octanol–water partition coefficient (Wildman–Crippen LogP) is 0.520. The van der Waals surface area contributed by atoms with Gasteiger partial charge in [-0.3, -0.25) is 4.79 Å². The topological polar surface area (TPSA) is 64.8 Å². The Bertz CT molecular complexity index is 324. The minimum absolute atomic E-state index is 0.0500. The second kappa shape index (κ2) is 4.79. The first kappa shape index (κ1) is 13.8. The van der Waals surface area contributed by atoms with E-state index < -0.39 is 5.54 Å². The molecule has 0 bridgehead atoms. The Labute approximate surface area is 109 Å². The minimum Gasteiger partial charge on any atom is -0.381 e. The zero-order valence-corrected chi connectivity index (χ0v) is 11.6. The fourth-order valence-corrected chi connectivity index (χ4v) is 2.87. The van der Waals surface area contributed by atoms with Crippen LogP contribution in [-0.2, 0) is 14.3 Å². The lowest BCUT2D eigenvalue weighted by molar-refractivity contribution is -0.165. The van der Waals surface area contributed by atoms with E-state index in [1.165, 1.54) is 0 Å². The van der Waals surface area contributed by atoms with Crippen LogP contribution in [0.5, 0.6) is 0 Å². The molecule has 2 N–H and O–H groups in total. The highest BCUT2D eigenvalue weighted by molar-refractivity contribution is 5.86. The van der Waals surface area contributed by atoms with Crippen molar-refractivity contribution in [1.82, 2.24) is 4.90 Å². The van der Waals surface area contributed by atoms with Gasteiger partial charge in [-0.15, -0.1) is 0 Å². The summed E-state index contributed by atoms with van der Waals surface area (Å²) >= 11 is 0. The number of amides is 1. The zero-order valence-electron chi connectivity index (χ0n) is 11.6. The number of hydrogen-bond donors (Lipinski definition) is 1. The summed E-state index contributed by atoms with van der Waals surface area (Å²) in [6.07, 6.45) is 1.27. The number of ether oxygens (including phenoxy) is 2. The van der Waals surface area contributed by atoms with Crippen molar-refractivity contribution in [3.05, 3.63) is 0 Å². The van der Waals surface area contributed by atoms with Gasteiger partial charge in [-0.1, -0.05) is 0 Å². The summed E-state index contributed by atoms with van der Waals surface area (Å²) in [6, 6.07) is 0. The van der Waals surface area contributed by atoms with E-state index >= 15 is 0 Å². The first-order valence-corrected chi connectivity index (χ1v) is 6.66. The van der Waals surface area contributed by atoms with Crippen LogP contribution in [0, 0.1) is 0 Å². The van der Waals surface area contributed by atoms with Crippen LogP contribution in [0.15, 0.2) is 0 Å². The Hall–Kier alpha value is -0.650. The lowest BCUT2D eigenvalue weighted by atomic mass is 9.88. The molecule has 0 aromatic rings. The van der Waals surface area contributed by atoms with Crippen LogP contribution in [0.1, 0.15) is 33.6 Å². The zero-order chi connectivity index (χ0) is 13.4. The molecular weight excluding hydrogens is 232 g/mol. The van der Waals surface area contributed by atoms with Gasteiger partial charge < -0.3 is 20.1 Å². The molecule has 2 aliphatic rings. The smallest absolute Gasteiger partial charge is 0.243 e. The fourth-order valence-electron chi connectivity index (χ4n) is 2.87. The highest BCUT2D eigenvalue weighted by atomic mass is 16.5. The molecule has 18 heavy (non-hydrogen) atoms. The summed E-state index contributed by atoms with van der Waals surface area (Å²) in [5.74, 6) is 0.0500. The van der Waals surface area contributed by atoms with Crippen molar-refractivity contribution >= 4 is 5.91 Å². The standard InChI is InChI=1S/C13H24N2O3/c1-10-8-15(9-12(2,3)18-10)11(16)13(14)4-6-17-7-5-13/h10H,4-9,14H2,1-3H3. The Morgan fingerprint density at radius 2 is 1.94 bits per heavy atom. The molecule has 2 aliphatic heterocycles. The number of rotatable bonds is 1. The lowest BCUT2D eigenvalue weighted by Crippen LogP contribution is -2.63. The SMILES string of the molecule is CC1CN(C(=O)C2(N)CCOCC2)CC(C)(C)O1. The highest BCUT2D eigenvalue weighted by Gasteiger charge is 2.42. The average Bonchev–Trinajstić information content (AvgIpc) is 2.26. The van der Waals surface area contributed by atoms with Gasteiger partial charge in [-0.2, -0.15) is 0 Å². The van der Waals surface area contributed by atoms with Crippen LogP contribution in [0.2, 0.25) is 0 Å². The van der Waals surface area contributed by atoms with E-state index in [0.717, 1.165) is 0 Å². The summed E-state index contributed by atoms with van der Waals surface area (Å²) in [5.41, 5.74) is 5.21. The van der Waals surface area contributed by atoms with Crippen molar-refractivity contribution in [3.63, 3.8) is 0 Å². The molecule has 2 saturated heterocycles. The molecule has 5 nitrogen and oxygen atoms in total. The second-order valence-electron chi connectivity index (χ2n) is 6.14. The van der Waals surface area contributed by atoms with Crippen LogP contribution < -0.4 is 5.73 Å². The van der Waals surface area contributed by atoms with Gasteiger partial charge in [0, 0.05) is 26.3 Å². The third-order valence-corrected chi connectivity index (χ3v) is 3.67. The Kier molecular flexibility index (Phi) is 3.67. The van der Waals surface area contributed by atoms with Gasteiger partial charge in [0.25, 0.3) is 0 Å². The second-order valence-corrected chi connectivity index (χ2v) is 6.14. The van der Waals surface area contributed by atoms with Gasteiger partial charge in [0.2, 0.25) is 5.91 Å². The van der Waals surface area contributed by atoms with Crippen LogP contribution in [0.4, 0.5) is 0 Å². The van der Waals surface area contributed by atoms with Crippen molar-refractivity contribution in [2.75, 3.05) is 26.3 Å². The number of morpholine rings is 1. The van der Waals surface area contributed by atoms with E-state index in [2.05, 4.69) is 0 Å². The molecule has 0 spiro atoms. The van der Waals surface area contributed by atoms with Crippen molar-refractivity contribution in [1.29, 1.82) is 0 Å². The monoisotopic (exact) mass is 256 g/mol. The molecule has 0 aliphatic carbocycles. The van der Waals surface area contributed by atoms with E-state index in [4.69, 9.17) is 15.2 Å². The van der Waals surface area contributed by atoms with Gasteiger partial charge in [-0.05, 0) is 33.6 Å². The van der Waals surface area contributed by atoms with Crippen LogP contribution >= 0.6 is 0 Å². The van der Waals surface area contributed by atoms with Gasteiger partial charge in [0.1, 0.15) is 0 Å². The molecule has 0 aromatic carbocycles. The first-order chi connectivity index (χ1) is 8.32. The molecule has 2 heterocycles. The van der Waals surface area contributed by atoms with E-state index in [0.29, 0.717) is 39.1 Å². The number of nitrogens with zero attached hydrogens (tertiary/aromatic N) is 1. The van der Waals surface area contributed by atoms with Crippen LogP contribution in [0.25, 0.3) is 0 Å². The van der Waals surface area contributed by atoms with Gasteiger partial charge in [0.15, 0.2) is 0 Å². The Morgan fingerprint density at radius 3 is 2.50 bits per heavy atom.